The summed E-state index contributed by atoms with van der Waals surface area (Å²) < 4.78 is 0. The largest absolute Gasteiger partial charge is 0.396 e. The van der Waals surface area contributed by atoms with Crippen molar-refractivity contribution in [2.24, 2.45) is 0 Å². The topological polar surface area (TPSA) is 20.2 Å². The molecule has 0 aliphatic carbocycles. The average molecular weight is 196 g/mol. The van der Waals surface area contributed by atoms with Crippen LogP contribution >= 0.6 is 0 Å². The molecule has 0 radical (unpaired) electrons. The van der Waals surface area contributed by atoms with Crippen LogP contribution in [0.2, 0.25) is 0 Å². The first-order chi connectivity index (χ1) is 5.93. The zero-order chi connectivity index (χ0) is 8.65. The minimum Gasteiger partial charge on any atom is -0.396 e. The molecule has 0 aromatic heterocycles. The minimum absolute atomic E-state index is 0. The highest BCUT2D eigenvalue weighted by atomic mass is 16.2. The van der Waals surface area contributed by atoms with Crippen molar-refractivity contribution < 1.29 is 5.11 Å². The smallest absolute Gasteiger partial charge is 0.0431 e. The molecule has 0 aliphatic heterocycles. The van der Waals surface area contributed by atoms with Gasteiger partial charge in [-0.25, -0.2) is 0 Å². The number of aryl methyl sites for hydroxylation is 1. The number of aliphatic hydroxyl groups is 1. The van der Waals surface area contributed by atoms with Crippen LogP contribution in [0.5, 0.6) is 0 Å². The highest BCUT2D eigenvalue weighted by molar-refractivity contribution is 5.14. The maximum atomic E-state index is 8.56. The van der Waals surface area contributed by atoms with Gasteiger partial charge in [0.1, 0.15) is 0 Å². The van der Waals surface area contributed by atoms with Crippen molar-refractivity contribution in [3.63, 3.8) is 0 Å². The van der Waals surface area contributed by atoms with E-state index in [2.05, 4.69) is 24.3 Å². The van der Waals surface area contributed by atoms with Crippen molar-refractivity contribution in [2.45, 2.75) is 40.5 Å². The molecule has 0 heterocycles. The maximum Gasteiger partial charge on any atom is 0.0431 e. The molecule has 1 heteroatoms. The third-order valence-electron chi connectivity index (χ3n) is 1.97. The van der Waals surface area contributed by atoms with E-state index in [1.807, 2.05) is 6.07 Å². The molecule has 1 aromatic carbocycles. The molecule has 0 bridgehead atoms. The van der Waals surface area contributed by atoms with Gasteiger partial charge in [0.25, 0.3) is 0 Å². The molecule has 0 aliphatic rings. The molecule has 1 N–H and O–H groups in total. The number of hydrogen-bond donors (Lipinski definition) is 1. The first-order valence-corrected chi connectivity index (χ1v) is 4.58. The molecular weight excluding hydrogens is 172 g/mol. The molecule has 0 fully saturated rings. The first kappa shape index (κ1) is 15.6. The van der Waals surface area contributed by atoms with Gasteiger partial charge >= 0.3 is 0 Å². The van der Waals surface area contributed by atoms with Crippen LogP contribution in [0.4, 0.5) is 0 Å². The van der Waals surface area contributed by atoms with E-state index in [1.165, 1.54) is 12.0 Å². The van der Waals surface area contributed by atoms with Gasteiger partial charge in [0.2, 0.25) is 0 Å². The van der Waals surface area contributed by atoms with E-state index in [4.69, 9.17) is 5.11 Å². The van der Waals surface area contributed by atoms with Gasteiger partial charge in [-0.3, -0.25) is 0 Å². The third-order valence-corrected chi connectivity index (χ3v) is 1.97. The standard InChI is InChI=1S/C11H16O.2CH4/c12-10-6-2-5-9-11-7-3-1-4-8-11;;/h1,3-4,7-8,12H,2,5-6,9-10H2;2*1H4. The Morgan fingerprint density at radius 2 is 1.50 bits per heavy atom. The second kappa shape index (κ2) is 10.3. The number of hydrogen-bond acceptors (Lipinski definition) is 1. The number of rotatable bonds is 5. The second-order valence-electron chi connectivity index (χ2n) is 3.02. The highest BCUT2D eigenvalue weighted by Gasteiger charge is 1.90. The third kappa shape index (κ3) is 6.67. The normalized spacial score (nSPS) is 8.64. The zero-order valence-corrected chi connectivity index (χ0v) is 7.37. The summed E-state index contributed by atoms with van der Waals surface area (Å²) in [5.41, 5.74) is 1.40. The molecule has 0 saturated carbocycles. The lowest BCUT2D eigenvalue weighted by atomic mass is 10.1. The van der Waals surface area contributed by atoms with Gasteiger partial charge in [-0.05, 0) is 24.8 Å². The maximum absolute atomic E-state index is 8.56. The molecule has 0 amide bonds. The van der Waals surface area contributed by atoms with Crippen molar-refractivity contribution in [1.82, 2.24) is 0 Å². The van der Waals surface area contributed by atoms with Crippen LogP contribution < -0.4 is 0 Å². The predicted octanol–water partition coefficient (Wildman–Crippen LogP) is 3.66. The molecule has 0 spiro atoms. The van der Waals surface area contributed by atoms with E-state index in [-0.39, 0.29) is 14.9 Å². The average Bonchev–Trinajstić information content (AvgIpc) is 2.14. The fourth-order valence-corrected chi connectivity index (χ4v) is 1.26. The molecule has 0 saturated heterocycles. The lowest BCUT2D eigenvalue weighted by Gasteiger charge is -1.99. The first-order valence-electron chi connectivity index (χ1n) is 4.58. The van der Waals surface area contributed by atoms with Gasteiger partial charge in [-0.2, -0.15) is 0 Å². The van der Waals surface area contributed by atoms with E-state index in [1.54, 1.807) is 0 Å². The predicted molar refractivity (Wildman–Crippen MR) is 64.5 cm³/mol. The zero-order valence-electron chi connectivity index (χ0n) is 7.37. The highest BCUT2D eigenvalue weighted by Crippen LogP contribution is 2.05. The Labute approximate surface area is 88.8 Å². The van der Waals surface area contributed by atoms with Gasteiger partial charge in [0.15, 0.2) is 0 Å². The van der Waals surface area contributed by atoms with Crippen molar-refractivity contribution in [1.29, 1.82) is 0 Å². The molecule has 1 nitrogen and oxygen atoms in total. The number of benzene rings is 1. The van der Waals surface area contributed by atoms with Crippen molar-refractivity contribution in [3.8, 4) is 0 Å². The molecular formula is C13H24O. The Morgan fingerprint density at radius 1 is 0.857 bits per heavy atom. The fourth-order valence-electron chi connectivity index (χ4n) is 1.26. The van der Waals surface area contributed by atoms with Crippen LogP contribution in [0.15, 0.2) is 30.3 Å². The van der Waals surface area contributed by atoms with Gasteiger partial charge in [0.05, 0.1) is 0 Å². The summed E-state index contributed by atoms with van der Waals surface area (Å²) in [4.78, 5) is 0. The van der Waals surface area contributed by atoms with Crippen LogP contribution in [-0.2, 0) is 6.42 Å². The van der Waals surface area contributed by atoms with Crippen LogP contribution in [0.1, 0.15) is 39.7 Å². The molecule has 0 unspecified atom stereocenters. The second-order valence-corrected chi connectivity index (χ2v) is 3.02. The van der Waals surface area contributed by atoms with Crippen LogP contribution in [0.3, 0.4) is 0 Å². The van der Waals surface area contributed by atoms with Gasteiger partial charge < -0.3 is 5.11 Å². The van der Waals surface area contributed by atoms with Crippen LogP contribution in [0.25, 0.3) is 0 Å². The van der Waals surface area contributed by atoms with Crippen LogP contribution in [0, 0.1) is 0 Å². The van der Waals surface area contributed by atoms with E-state index < -0.39 is 0 Å². The van der Waals surface area contributed by atoms with Crippen LogP contribution in [-0.4, -0.2) is 11.7 Å². The Kier molecular flexibility index (Phi) is 11.5. The Balaban J connectivity index is 0. The fraction of sp³-hybridized carbons (Fsp3) is 0.538. The minimum atomic E-state index is 0. The SMILES string of the molecule is C.C.OCCCCCc1ccccc1. The number of unbranched alkanes of at least 4 members (excludes halogenated alkanes) is 2. The van der Waals surface area contributed by atoms with E-state index >= 15 is 0 Å². The quantitative estimate of drug-likeness (QED) is 0.712. The Bertz CT molecular complexity index is 194. The Morgan fingerprint density at radius 3 is 2.07 bits per heavy atom. The molecule has 14 heavy (non-hydrogen) atoms. The Hall–Kier alpha value is -0.820. The number of aliphatic hydroxyl groups excluding tert-OH is 1. The summed E-state index contributed by atoms with van der Waals surface area (Å²) in [7, 11) is 0. The summed E-state index contributed by atoms with van der Waals surface area (Å²) in [6, 6.07) is 10.5. The van der Waals surface area contributed by atoms with Gasteiger partial charge in [0, 0.05) is 6.61 Å². The summed E-state index contributed by atoms with van der Waals surface area (Å²) in [6.45, 7) is 0.328. The summed E-state index contributed by atoms with van der Waals surface area (Å²) >= 11 is 0. The lowest BCUT2D eigenvalue weighted by Crippen LogP contribution is -1.87. The van der Waals surface area contributed by atoms with E-state index in [9.17, 15) is 0 Å². The van der Waals surface area contributed by atoms with Gasteiger partial charge in [-0.15, -0.1) is 0 Å². The van der Waals surface area contributed by atoms with Crippen molar-refractivity contribution in [3.05, 3.63) is 35.9 Å². The molecule has 1 aromatic rings. The van der Waals surface area contributed by atoms with Crippen molar-refractivity contribution >= 4 is 0 Å². The molecule has 0 atom stereocenters. The van der Waals surface area contributed by atoms with Gasteiger partial charge in [-0.1, -0.05) is 51.6 Å². The van der Waals surface area contributed by atoms with Crippen molar-refractivity contribution in [2.75, 3.05) is 6.61 Å². The lowest BCUT2D eigenvalue weighted by molar-refractivity contribution is 0.283. The summed E-state index contributed by atoms with van der Waals surface area (Å²) in [6.07, 6.45) is 4.39. The monoisotopic (exact) mass is 196 g/mol. The summed E-state index contributed by atoms with van der Waals surface area (Å²) in [5.74, 6) is 0. The van der Waals surface area contributed by atoms with E-state index in [0.717, 1.165) is 19.3 Å². The van der Waals surface area contributed by atoms with E-state index in [0.29, 0.717) is 6.61 Å². The molecule has 1 rings (SSSR count). The molecule has 82 valence electrons. The summed E-state index contributed by atoms with van der Waals surface area (Å²) in [5, 5.41) is 8.56.